The van der Waals surface area contributed by atoms with Gasteiger partial charge in [0.2, 0.25) is 0 Å². The molecule has 1 fully saturated rings. The Balaban J connectivity index is 1.77. The second-order valence-electron chi connectivity index (χ2n) is 7.55. The highest BCUT2D eigenvalue weighted by Crippen LogP contribution is 2.24. The molecule has 2 N–H and O–H groups in total. The molecule has 9 heteroatoms. The second-order valence-corrected chi connectivity index (χ2v) is 7.55. The van der Waals surface area contributed by atoms with Gasteiger partial charge in [-0.3, -0.25) is 9.89 Å². The Morgan fingerprint density at radius 3 is 2.43 bits per heavy atom. The summed E-state index contributed by atoms with van der Waals surface area (Å²) in [6, 6.07) is 6.16. The Bertz CT molecular complexity index is 643. The van der Waals surface area contributed by atoms with Gasteiger partial charge in [0.25, 0.3) is 0 Å². The molecule has 1 atom stereocenters. The van der Waals surface area contributed by atoms with Gasteiger partial charge in [-0.2, -0.15) is 13.2 Å². The van der Waals surface area contributed by atoms with E-state index in [1.807, 2.05) is 6.92 Å². The molecule has 1 aliphatic heterocycles. The van der Waals surface area contributed by atoms with Crippen molar-refractivity contribution in [2.24, 2.45) is 10.9 Å². The van der Waals surface area contributed by atoms with Crippen LogP contribution in [0.2, 0.25) is 0 Å². The highest BCUT2D eigenvalue weighted by atomic mass is 19.4. The first-order valence-corrected chi connectivity index (χ1v) is 10.4. The maximum absolute atomic E-state index is 13.1. The number of halogens is 4. The number of aliphatic imine (C=N–C) groups is 1. The number of nitrogens with one attached hydrogen (secondary N) is 2. The van der Waals surface area contributed by atoms with Crippen LogP contribution in [0.5, 0.6) is 0 Å². The Morgan fingerprint density at radius 2 is 1.87 bits per heavy atom. The summed E-state index contributed by atoms with van der Waals surface area (Å²) in [5, 5.41) is 6.47. The van der Waals surface area contributed by atoms with Crippen LogP contribution in [0.4, 0.5) is 17.6 Å². The first-order chi connectivity index (χ1) is 14.3. The summed E-state index contributed by atoms with van der Waals surface area (Å²) < 4.78 is 56.0. The van der Waals surface area contributed by atoms with Crippen LogP contribution in [-0.2, 0) is 4.74 Å². The average molecular weight is 433 g/mol. The molecule has 1 heterocycles. The van der Waals surface area contributed by atoms with E-state index in [0.29, 0.717) is 44.6 Å². The van der Waals surface area contributed by atoms with Crippen molar-refractivity contribution in [2.75, 3.05) is 46.4 Å². The Kier molecular flexibility index (Phi) is 9.84. The lowest BCUT2D eigenvalue weighted by molar-refractivity contribution is -0.148. The van der Waals surface area contributed by atoms with Crippen LogP contribution < -0.4 is 10.6 Å². The quantitative estimate of drug-likeness (QED) is 0.355. The monoisotopic (exact) mass is 432 g/mol. The maximum Gasteiger partial charge on any atom is 0.401 e. The predicted octanol–water partition coefficient (Wildman–Crippen LogP) is 3.73. The smallest absolute Gasteiger partial charge is 0.375 e. The molecule has 5 nitrogen and oxygen atoms in total. The summed E-state index contributed by atoms with van der Waals surface area (Å²) in [4.78, 5) is 6.04. The Labute approximate surface area is 175 Å². The van der Waals surface area contributed by atoms with Gasteiger partial charge in [-0.15, -0.1) is 0 Å². The van der Waals surface area contributed by atoms with Crippen molar-refractivity contribution in [1.82, 2.24) is 15.5 Å². The molecule has 1 aromatic carbocycles. The highest BCUT2D eigenvalue weighted by molar-refractivity contribution is 5.79. The SMILES string of the molecule is CCNC(=NCC(OC)c1ccc(F)cc1)NCCC1CCN(CC(F)(F)F)CC1. The minimum atomic E-state index is -4.13. The molecule has 1 unspecified atom stereocenters. The van der Waals surface area contributed by atoms with Crippen LogP contribution in [0.25, 0.3) is 0 Å². The summed E-state index contributed by atoms with van der Waals surface area (Å²) in [5.74, 6) is 0.781. The number of hydrogen-bond acceptors (Lipinski definition) is 3. The second kappa shape index (κ2) is 12.1. The predicted molar refractivity (Wildman–Crippen MR) is 110 cm³/mol. The number of nitrogens with zero attached hydrogens (tertiary/aromatic N) is 2. The number of rotatable bonds is 9. The molecule has 0 spiro atoms. The number of piperidine rings is 1. The zero-order chi connectivity index (χ0) is 22.0. The van der Waals surface area contributed by atoms with Crippen LogP contribution in [0.1, 0.15) is 37.9 Å². The first-order valence-electron chi connectivity index (χ1n) is 10.4. The van der Waals surface area contributed by atoms with Gasteiger partial charge >= 0.3 is 6.18 Å². The van der Waals surface area contributed by atoms with Crippen molar-refractivity contribution in [2.45, 2.75) is 38.5 Å². The number of benzene rings is 1. The van der Waals surface area contributed by atoms with E-state index in [1.54, 1.807) is 19.2 Å². The third-order valence-electron chi connectivity index (χ3n) is 5.24. The van der Waals surface area contributed by atoms with Crippen LogP contribution >= 0.6 is 0 Å². The van der Waals surface area contributed by atoms with E-state index >= 15 is 0 Å². The van der Waals surface area contributed by atoms with Crippen molar-refractivity contribution in [3.8, 4) is 0 Å². The summed E-state index contributed by atoms with van der Waals surface area (Å²) in [6.07, 6.45) is -1.96. The molecule has 0 radical (unpaired) electrons. The maximum atomic E-state index is 13.1. The van der Waals surface area contributed by atoms with Crippen molar-refractivity contribution < 1.29 is 22.3 Å². The molecule has 1 saturated heterocycles. The fraction of sp³-hybridized carbons (Fsp3) is 0.667. The average Bonchev–Trinajstić information content (AvgIpc) is 2.70. The largest absolute Gasteiger partial charge is 0.401 e. The summed E-state index contributed by atoms with van der Waals surface area (Å²) in [6.45, 7) is 3.93. The molecule has 0 aliphatic carbocycles. The lowest BCUT2D eigenvalue weighted by Gasteiger charge is -2.32. The molecule has 2 rings (SSSR count). The first kappa shape index (κ1) is 24.4. The summed E-state index contributed by atoms with van der Waals surface area (Å²) >= 11 is 0. The molecule has 170 valence electrons. The van der Waals surface area contributed by atoms with Gasteiger partial charge < -0.3 is 15.4 Å². The summed E-state index contributed by atoms with van der Waals surface area (Å²) in [5.41, 5.74) is 0.851. The van der Waals surface area contributed by atoms with Crippen molar-refractivity contribution in [3.63, 3.8) is 0 Å². The van der Waals surface area contributed by atoms with Gasteiger partial charge in [0.1, 0.15) is 11.9 Å². The molecule has 30 heavy (non-hydrogen) atoms. The van der Waals surface area contributed by atoms with Gasteiger partial charge in [0, 0.05) is 20.2 Å². The fourth-order valence-electron chi connectivity index (χ4n) is 3.59. The van der Waals surface area contributed by atoms with Gasteiger partial charge in [-0.05, 0) is 62.9 Å². The van der Waals surface area contributed by atoms with Crippen LogP contribution in [0.3, 0.4) is 0 Å². The van der Waals surface area contributed by atoms with E-state index in [-0.39, 0.29) is 11.9 Å². The third kappa shape index (κ3) is 8.87. The molecule has 0 bridgehead atoms. The lowest BCUT2D eigenvalue weighted by Crippen LogP contribution is -2.41. The molecule has 0 saturated carbocycles. The minimum Gasteiger partial charge on any atom is -0.375 e. The van der Waals surface area contributed by atoms with Crippen molar-refractivity contribution in [3.05, 3.63) is 35.6 Å². The Hall–Kier alpha value is -1.87. The van der Waals surface area contributed by atoms with E-state index in [1.165, 1.54) is 17.0 Å². The number of methoxy groups -OCH3 is 1. The van der Waals surface area contributed by atoms with Crippen LogP contribution in [-0.4, -0.2) is 63.4 Å². The third-order valence-corrected chi connectivity index (χ3v) is 5.24. The number of likely N-dealkylation sites (tertiary alicyclic amines) is 1. The minimum absolute atomic E-state index is 0.279. The van der Waals surface area contributed by atoms with E-state index < -0.39 is 12.7 Å². The Morgan fingerprint density at radius 1 is 1.20 bits per heavy atom. The van der Waals surface area contributed by atoms with Gasteiger partial charge in [0.15, 0.2) is 5.96 Å². The number of guanidine groups is 1. The topological polar surface area (TPSA) is 48.9 Å². The van der Waals surface area contributed by atoms with Gasteiger partial charge in [-0.25, -0.2) is 4.39 Å². The van der Waals surface area contributed by atoms with Gasteiger partial charge in [-0.1, -0.05) is 12.1 Å². The van der Waals surface area contributed by atoms with Crippen molar-refractivity contribution >= 4 is 5.96 Å². The number of ether oxygens (including phenoxy) is 1. The van der Waals surface area contributed by atoms with Gasteiger partial charge in [0.05, 0.1) is 13.1 Å². The normalized spacial score (nSPS) is 17.7. The van der Waals surface area contributed by atoms with E-state index in [2.05, 4.69) is 15.6 Å². The van der Waals surface area contributed by atoms with Crippen LogP contribution in [0.15, 0.2) is 29.3 Å². The molecular weight excluding hydrogens is 400 g/mol. The molecule has 0 aromatic heterocycles. The van der Waals surface area contributed by atoms with E-state index in [4.69, 9.17) is 4.74 Å². The van der Waals surface area contributed by atoms with Crippen LogP contribution in [0, 0.1) is 11.7 Å². The van der Waals surface area contributed by atoms with E-state index in [0.717, 1.165) is 24.8 Å². The van der Waals surface area contributed by atoms with E-state index in [9.17, 15) is 17.6 Å². The molecule has 0 amide bonds. The zero-order valence-corrected chi connectivity index (χ0v) is 17.6. The zero-order valence-electron chi connectivity index (χ0n) is 17.6. The van der Waals surface area contributed by atoms with Crippen molar-refractivity contribution in [1.29, 1.82) is 0 Å². The number of hydrogen-bond donors (Lipinski definition) is 2. The molecular formula is C21H32F4N4O. The highest BCUT2D eigenvalue weighted by Gasteiger charge is 2.32. The summed E-state index contributed by atoms with van der Waals surface area (Å²) in [7, 11) is 1.59. The lowest BCUT2D eigenvalue weighted by atomic mass is 9.93. The molecule has 1 aromatic rings. The standard InChI is InChI=1S/C21H32F4N4O/c1-3-26-20(28-14-19(30-2)17-4-6-18(22)7-5-17)27-11-8-16-9-12-29(13-10-16)15-21(23,24)25/h4-7,16,19H,3,8-15H2,1-2H3,(H2,26,27,28). The fourth-order valence-corrected chi connectivity index (χ4v) is 3.59. The molecule has 1 aliphatic rings. The number of alkyl halides is 3.